The Kier molecular flexibility index (Phi) is 6.80. The van der Waals surface area contributed by atoms with E-state index < -0.39 is 12.0 Å². The van der Waals surface area contributed by atoms with Gasteiger partial charge in [0.15, 0.2) is 6.61 Å². The maximum Gasteiger partial charge on any atom is 0.305 e. The van der Waals surface area contributed by atoms with Crippen LogP contribution >= 0.6 is 0 Å². The molecule has 2 rings (SSSR count). The second kappa shape index (κ2) is 9.05. The minimum absolute atomic E-state index is 0.0617. The van der Waals surface area contributed by atoms with Gasteiger partial charge in [0.25, 0.3) is 5.91 Å². The van der Waals surface area contributed by atoms with Crippen LogP contribution in [0.1, 0.15) is 26.2 Å². The normalized spacial score (nSPS) is 18.3. The van der Waals surface area contributed by atoms with Gasteiger partial charge in [0.05, 0.1) is 12.3 Å². The lowest BCUT2D eigenvalue weighted by molar-refractivity contribution is -0.138. The van der Waals surface area contributed by atoms with Gasteiger partial charge >= 0.3 is 5.97 Å². The van der Waals surface area contributed by atoms with E-state index in [0.29, 0.717) is 25.3 Å². The van der Waals surface area contributed by atoms with Crippen LogP contribution in [0, 0.1) is 5.92 Å². The summed E-state index contributed by atoms with van der Waals surface area (Å²) in [5.41, 5.74) is 0. The molecule has 136 valence electrons. The minimum Gasteiger partial charge on any atom is -0.484 e. The summed E-state index contributed by atoms with van der Waals surface area (Å²) < 4.78 is 5.47. The van der Waals surface area contributed by atoms with Crippen molar-refractivity contribution in [3.63, 3.8) is 0 Å². The van der Waals surface area contributed by atoms with E-state index in [2.05, 4.69) is 5.32 Å². The number of carboxylic acids is 1. The first kappa shape index (κ1) is 18.8. The first-order valence-corrected chi connectivity index (χ1v) is 8.43. The molecular formula is C18H24N2O5. The molecule has 1 aliphatic heterocycles. The van der Waals surface area contributed by atoms with Crippen molar-refractivity contribution in [2.45, 2.75) is 32.2 Å². The number of likely N-dealkylation sites (tertiary alicyclic amines) is 1. The van der Waals surface area contributed by atoms with Crippen LogP contribution in [0.2, 0.25) is 0 Å². The molecule has 0 spiro atoms. The van der Waals surface area contributed by atoms with Crippen LogP contribution in [0.3, 0.4) is 0 Å². The van der Waals surface area contributed by atoms with Crippen LogP contribution in [0.4, 0.5) is 0 Å². The zero-order valence-corrected chi connectivity index (χ0v) is 14.3. The molecule has 1 heterocycles. The summed E-state index contributed by atoms with van der Waals surface area (Å²) in [6.07, 6.45) is 1.31. The molecule has 2 unspecified atom stereocenters. The van der Waals surface area contributed by atoms with Gasteiger partial charge in [-0.3, -0.25) is 14.4 Å². The van der Waals surface area contributed by atoms with Gasteiger partial charge < -0.3 is 20.1 Å². The average Bonchev–Trinajstić information content (AvgIpc) is 2.60. The van der Waals surface area contributed by atoms with E-state index in [1.165, 1.54) is 0 Å². The van der Waals surface area contributed by atoms with Gasteiger partial charge in [-0.15, -0.1) is 0 Å². The fraction of sp³-hybridized carbons (Fsp3) is 0.500. The predicted octanol–water partition coefficient (Wildman–Crippen LogP) is 1.28. The topological polar surface area (TPSA) is 95.9 Å². The van der Waals surface area contributed by atoms with Gasteiger partial charge in [-0.2, -0.15) is 0 Å². The summed E-state index contributed by atoms with van der Waals surface area (Å²) in [6.45, 7) is 2.54. The number of rotatable bonds is 7. The third-order valence-electron chi connectivity index (χ3n) is 4.12. The Morgan fingerprint density at radius 2 is 2.04 bits per heavy atom. The second-order valence-corrected chi connectivity index (χ2v) is 6.29. The number of aliphatic carboxylic acids is 1. The van der Waals surface area contributed by atoms with Gasteiger partial charge in [-0.25, -0.2) is 0 Å². The maximum atomic E-state index is 12.3. The molecule has 25 heavy (non-hydrogen) atoms. The molecule has 2 atom stereocenters. The molecule has 1 aromatic rings. The van der Waals surface area contributed by atoms with E-state index in [-0.39, 0.29) is 30.8 Å². The Morgan fingerprint density at radius 1 is 1.32 bits per heavy atom. The van der Waals surface area contributed by atoms with Crippen LogP contribution in [0.15, 0.2) is 30.3 Å². The molecule has 1 aliphatic rings. The number of carboxylic acid groups (broad SMARTS) is 1. The van der Waals surface area contributed by atoms with Gasteiger partial charge in [-0.05, 0) is 31.9 Å². The van der Waals surface area contributed by atoms with Crippen molar-refractivity contribution in [2.24, 2.45) is 5.92 Å². The molecule has 1 fully saturated rings. The van der Waals surface area contributed by atoms with Gasteiger partial charge in [0.1, 0.15) is 5.75 Å². The molecular weight excluding hydrogens is 324 g/mol. The Labute approximate surface area is 147 Å². The summed E-state index contributed by atoms with van der Waals surface area (Å²) in [5, 5.41) is 11.5. The highest BCUT2D eigenvalue weighted by Gasteiger charge is 2.29. The lowest BCUT2D eigenvalue weighted by atomic mass is 9.96. The van der Waals surface area contributed by atoms with Crippen molar-refractivity contribution in [3.05, 3.63) is 30.3 Å². The molecule has 1 aromatic carbocycles. The number of nitrogens with zero attached hydrogens (tertiary/aromatic N) is 1. The lowest BCUT2D eigenvalue weighted by Gasteiger charge is -2.32. The first-order chi connectivity index (χ1) is 12.0. The molecule has 2 amide bonds. The monoisotopic (exact) mass is 348 g/mol. The van der Waals surface area contributed by atoms with E-state index in [1.807, 2.05) is 18.2 Å². The molecule has 0 aromatic heterocycles. The number of nitrogens with one attached hydrogen (secondary N) is 1. The number of piperidine rings is 1. The molecule has 0 saturated carbocycles. The molecule has 0 aliphatic carbocycles. The number of hydrogen-bond acceptors (Lipinski definition) is 4. The van der Waals surface area contributed by atoms with Crippen molar-refractivity contribution in [1.29, 1.82) is 0 Å². The SMILES string of the molecule is CC(CC(=O)O)NC(=O)C1CCCN(C(=O)COc2ccccc2)C1. The molecule has 2 N–H and O–H groups in total. The van der Waals surface area contributed by atoms with Crippen molar-refractivity contribution in [3.8, 4) is 5.75 Å². The highest BCUT2D eigenvalue weighted by molar-refractivity contribution is 5.82. The molecule has 0 radical (unpaired) electrons. The van der Waals surface area contributed by atoms with Crippen LogP contribution in [0.25, 0.3) is 0 Å². The quantitative estimate of drug-likeness (QED) is 0.774. The highest BCUT2D eigenvalue weighted by Crippen LogP contribution is 2.18. The fourth-order valence-corrected chi connectivity index (χ4v) is 2.84. The van der Waals surface area contributed by atoms with Crippen molar-refractivity contribution in [1.82, 2.24) is 10.2 Å². The Morgan fingerprint density at radius 3 is 2.72 bits per heavy atom. The third-order valence-corrected chi connectivity index (χ3v) is 4.12. The molecule has 7 nitrogen and oxygen atoms in total. The van der Waals surface area contributed by atoms with Gasteiger partial charge in [0, 0.05) is 19.1 Å². The molecule has 7 heteroatoms. The summed E-state index contributed by atoms with van der Waals surface area (Å²) in [5.74, 6) is -0.989. The zero-order valence-electron chi connectivity index (χ0n) is 14.3. The summed E-state index contributed by atoms with van der Waals surface area (Å²) in [6, 6.07) is 8.66. The summed E-state index contributed by atoms with van der Waals surface area (Å²) in [4.78, 5) is 36.9. The van der Waals surface area contributed by atoms with Crippen molar-refractivity contribution < 1.29 is 24.2 Å². The largest absolute Gasteiger partial charge is 0.484 e. The number of ether oxygens (including phenoxy) is 1. The van der Waals surface area contributed by atoms with Crippen molar-refractivity contribution >= 4 is 17.8 Å². The number of benzene rings is 1. The number of para-hydroxylation sites is 1. The standard InChI is InChI=1S/C18H24N2O5/c1-13(10-17(22)23)19-18(24)14-6-5-9-20(11-14)16(21)12-25-15-7-3-2-4-8-15/h2-4,7-8,13-14H,5-6,9-12H2,1H3,(H,19,24)(H,22,23). The van der Waals surface area contributed by atoms with Crippen LogP contribution in [-0.4, -0.2) is 53.5 Å². The molecule has 0 bridgehead atoms. The van der Waals surface area contributed by atoms with Crippen LogP contribution < -0.4 is 10.1 Å². The van der Waals surface area contributed by atoms with Gasteiger partial charge in [0.2, 0.25) is 5.91 Å². The lowest BCUT2D eigenvalue weighted by Crippen LogP contribution is -2.48. The van der Waals surface area contributed by atoms with E-state index in [4.69, 9.17) is 9.84 Å². The van der Waals surface area contributed by atoms with Crippen LogP contribution in [-0.2, 0) is 14.4 Å². The fourth-order valence-electron chi connectivity index (χ4n) is 2.84. The summed E-state index contributed by atoms with van der Waals surface area (Å²) in [7, 11) is 0. The Hall–Kier alpha value is -2.57. The maximum absolute atomic E-state index is 12.3. The molecule has 1 saturated heterocycles. The predicted molar refractivity (Wildman–Crippen MR) is 91.1 cm³/mol. The number of amides is 2. The van der Waals surface area contributed by atoms with Gasteiger partial charge in [-0.1, -0.05) is 18.2 Å². The van der Waals surface area contributed by atoms with Crippen molar-refractivity contribution in [2.75, 3.05) is 19.7 Å². The Bertz CT molecular complexity index is 605. The van der Waals surface area contributed by atoms with E-state index in [0.717, 1.165) is 6.42 Å². The Balaban J connectivity index is 1.81. The number of carbonyl (C=O) groups is 3. The number of hydrogen-bond donors (Lipinski definition) is 2. The third kappa shape index (κ3) is 6.10. The highest BCUT2D eigenvalue weighted by atomic mass is 16.5. The van der Waals surface area contributed by atoms with E-state index >= 15 is 0 Å². The second-order valence-electron chi connectivity index (χ2n) is 6.29. The van der Waals surface area contributed by atoms with E-state index in [9.17, 15) is 14.4 Å². The van der Waals surface area contributed by atoms with E-state index in [1.54, 1.807) is 24.0 Å². The first-order valence-electron chi connectivity index (χ1n) is 8.43. The van der Waals surface area contributed by atoms with Crippen LogP contribution in [0.5, 0.6) is 5.75 Å². The average molecular weight is 348 g/mol. The zero-order chi connectivity index (χ0) is 18.2. The number of carbonyl (C=O) groups excluding carboxylic acids is 2. The smallest absolute Gasteiger partial charge is 0.305 e. The minimum atomic E-state index is -0.952. The summed E-state index contributed by atoms with van der Waals surface area (Å²) >= 11 is 0.